The first-order chi connectivity index (χ1) is 13.7. The van der Waals surface area contributed by atoms with Crippen molar-refractivity contribution in [3.8, 4) is 0 Å². The van der Waals surface area contributed by atoms with Gasteiger partial charge in [-0.2, -0.15) is 17.5 Å². The quantitative estimate of drug-likeness (QED) is 0.479. The summed E-state index contributed by atoms with van der Waals surface area (Å²) in [4.78, 5) is 11.1. The van der Waals surface area contributed by atoms with E-state index in [4.69, 9.17) is 0 Å². The highest BCUT2D eigenvalue weighted by Crippen LogP contribution is 2.38. The van der Waals surface area contributed by atoms with Crippen LogP contribution in [-0.2, 0) is 16.6 Å². The summed E-state index contributed by atoms with van der Waals surface area (Å²) in [6.07, 6.45) is -10.5. The number of nitrogens with one attached hydrogen (secondary N) is 1. The molecule has 0 spiro atoms. The summed E-state index contributed by atoms with van der Waals surface area (Å²) in [7, 11) is -5.37. The molecule has 0 unspecified atom stereocenters. The van der Waals surface area contributed by atoms with Crippen LogP contribution in [0, 0.1) is 5.82 Å². The lowest BCUT2D eigenvalue weighted by atomic mass is 10.2. The Hall–Kier alpha value is -3.03. The highest BCUT2D eigenvalue weighted by Gasteiger charge is 2.48. The summed E-state index contributed by atoms with van der Waals surface area (Å²) in [6.45, 7) is -1.74. The van der Waals surface area contributed by atoms with Gasteiger partial charge in [0, 0.05) is 0 Å². The maximum absolute atomic E-state index is 14.9. The maximum Gasteiger partial charge on any atom is 0.498 e. The molecule has 0 aliphatic heterocycles. The molecule has 1 aromatic heterocycles. The Morgan fingerprint density at radius 3 is 2.10 bits per heavy atom. The molecule has 0 atom stereocenters. The van der Waals surface area contributed by atoms with Gasteiger partial charge in [-0.15, -0.1) is 13.2 Å². The van der Waals surface area contributed by atoms with Crippen LogP contribution in [0.4, 0.5) is 36.4 Å². The second-order valence-corrected chi connectivity index (χ2v) is 7.77. The lowest BCUT2D eigenvalue weighted by Crippen LogP contribution is -2.43. The zero-order valence-corrected chi connectivity index (χ0v) is 15.2. The van der Waals surface area contributed by atoms with Gasteiger partial charge in [0.1, 0.15) is 11.9 Å². The minimum absolute atomic E-state index is 0.203. The van der Waals surface area contributed by atoms with Gasteiger partial charge in [-0.3, -0.25) is 14.6 Å². The van der Waals surface area contributed by atoms with Crippen molar-refractivity contribution in [1.82, 2.24) is 9.78 Å². The Labute approximate surface area is 163 Å². The van der Waals surface area contributed by atoms with Crippen LogP contribution in [0.25, 0.3) is 10.9 Å². The van der Waals surface area contributed by atoms with E-state index >= 15 is 0 Å². The maximum atomic E-state index is 14.9. The fourth-order valence-corrected chi connectivity index (χ4v) is 4.18. The topological polar surface area (TPSA) is 75.2 Å². The summed E-state index contributed by atoms with van der Waals surface area (Å²) in [5, 5.41) is 0.533. The van der Waals surface area contributed by atoms with Gasteiger partial charge in [-0.25, -0.2) is 12.8 Å². The number of sulfonamides is 1. The second kappa shape index (κ2) is 7.04. The fraction of sp³-hybridized carbons (Fsp3) is 0.188. The summed E-state index contributed by atoms with van der Waals surface area (Å²) < 4.78 is 118. The number of hydrogen-bond acceptors (Lipinski definition) is 3. The first-order valence-electron chi connectivity index (χ1n) is 7.88. The standard InChI is InChI=1S/C16H10F7N3O3S/c17-13-11(7-6-10-12(13)14(27)24-25(10)8-15(18,19)20)26(16(21,22)23)30(28,29)9-4-2-1-3-5-9/h1-7H,8H2,(H,24,27). The molecule has 2 aromatic carbocycles. The van der Waals surface area contributed by atoms with E-state index in [1.54, 1.807) is 5.10 Å². The van der Waals surface area contributed by atoms with Crippen LogP contribution >= 0.6 is 0 Å². The molecule has 1 heterocycles. The number of aromatic nitrogens is 2. The molecule has 30 heavy (non-hydrogen) atoms. The van der Waals surface area contributed by atoms with Crippen LogP contribution < -0.4 is 9.86 Å². The molecule has 0 amide bonds. The largest absolute Gasteiger partial charge is 0.498 e. The van der Waals surface area contributed by atoms with Crippen LogP contribution in [0.15, 0.2) is 52.2 Å². The first-order valence-corrected chi connectivity index (χ1v) is 9.32. The third kappa shape index (κ3) is 3.86. The van der Waals surface area contributed by atoms with Crippen molar-refractivity contribution in [3.05, 3.63) is 58.6 Å². The van der Waals surface area contributed by atoms with E-state index in [9.17, 15) is 43.9 Å². The van der Waals surface area contributed by atoms with Gasteiger partial charge in [0.25, 0.3) is 15.6 Å². The number of hydrogen-bond donors (Lipinski definition) is 1. The van der Waals surface area contributed by atoms with Crippen LogP contribution in [0.1, 0.15) is 0 Å². The molecular formula is C16H10F7N3O3S. The van der Waals surface area contributed by atoms with E-state index in [2.05, 4.69) is 0 Å². The van der Waals surface area contributed by atoms with Crippen molar-refractivity contribution >= 4 is 26.6 Å². The van der Waals surface area contributed by atoms with E-state index in [0.717, 1.165) is 24.3 Å². The summed E-state index contributed by atoms with van der Waals surface area (Å²) in [6, 6.07) is 6.25. The minimum atomic E-state index is -5.65. The van der Waals surface area contributed by atoms with E-state index in [0.29, 0.717) is 12.1 Å². The molecule has 1 N–H and O–H groups in total. The molecule has 0 aliphatic carbocycles. The number of nitrogens with zero attached hydrogens (tertiary/aromatic N) is 2. The van der Waals surface area contributed by atoms with Gasteiger partial charge in [0.2, 0.25) is 0 Å². The molecular weight excluding hydrogens is 447 g/mol. The van der Waals surface area contributed by atoms with E-state index in [1.165, 1.54) is 6.07 Å². The molecule has 0 fully saturated rings. The number of H-pyrrole nitrogens is 1. The second-order valence-electron chi connectivity index (χ2n) is 5.99. The lowest BCUT2D eigenvalue weighted by molar-refractivity contribution is -0.141. The van der Waals surface area contributed by atoms with E-state index in [1.807, 2.05) is 0 Å². The first kappa shape index (κ1) is 21.7. The highest BCUT2D eigenvalue weighted by molar-refractivity contribution is 7.92. The minimum Gasteiger partial charge on any atom is -0.275 e. The number of benzene rings is 2. The molecule has 0 bridgehead atoms. The Morgan fingerprint density at radius 1 is 0.967 bits per heavy atom. The summed E-state index contributed by atoms with van der Waals surface area (Å²) >= 11 is 0. The van der Waals surface area contributed by atoms with Gasteiger partial charge in [-0.1, -0.05) is 18.2 Å². The Morgan fingerprint density at radius 2 is 1.57 bits per heavy atom. The lowest BCUT2D eigenvalue weighted by Gasteiger charge is -2.26. The monoisotopic (exact) mass is 457 g/mol. The van der Waals surface area contributed by atoms with Gasteiger partial charge in [-0.05, 0) is 24.3 Å². The van der Waals surface area contributed by atoms with Crippen molar-refractivity contribution < 1.29 is 39.2 Å². The smallest absolute Gasteiger partial charge is 0.275 e. The van der Waals surface area contributed by atoms with Crippen molar-refractivity contribution in [2.45, 2.75) is 23.9 Å². The van der Waals surface area contributed by atoms with Crippen LogP contribution in [0.5, 0.6) is 0 Å². The SMILES string of the molecule is O=c1[nH]n(CC(F)(F)F)c2ccc(N(C(F)(F)F)S(=O)(=O)c3ccccc3)c(F)c12. The molecule has 14 heteroatoms. The molecule has 162 valence electrons. The van der Waals surface area contributed by atoms with Crippen molar-refractivity contribution in [3.63, 3.8) is 0 Å². The average Bonchev–Trinajstić information content (AvgIpc) is 2.91. The Kier molecular flexibility index (Phi) is 5.08. The van der Waals surface area contributed by atoms with E-state index < -0.39 is 66.2 Å². The molecule has 0 saturated heterocycles. The van der Waals surface area contributed by atoms with E-state index in [-0.39, 0.29) is 4.68 Å². The fourth-order valence-electron chi connectivity index (χ4n) is 2.80. The van der Waals surface area contributed by atoms with Crippen LogP contribution in [0.2, 0.25) is 0 Å². The molecule has 0 saturated carbocycles. The number of rotatable bonds is 4. The predicted molar refractivity (Wildman–Crippen MR) is 90.7 cm³/mol. The highest BCUT2D eigenvalue weighted by atomic mass is 32.2. The van der Waals surface area contributed by atoms with Crippen molar-refractivity contribution in [1.29, 1.82) is 0 Å². The molecule has 3 aromatic rings. The zero-order valence-electron chi connectivity index (χ0n) is 14.4. The average molecular weight is 457 g/mol. The van der Waals surface area contributed by atoms with Gasteiger partial charge in [0.15, 0.2) is 5.82 Å². The van der Waals surface area contributed by atoms with Crippen LogP contribution in [-0.4, -0.2) is 30.7 Å². The number of fused-ring (bicyclic) bond motifs is 1. The number of alkyl halides is 6. The normalized spacial score (nSPS) is 13.0. The van der Waals surface area contributed by atoms with Gasteiger partial charge in [0.05, 0.1) is 16.1 Å². The van der Waals surface area contributed by atoms with Gasteiger partial charge < -0.3 is 0 Å². The summed E-state index contributed by atoms with van der Waals surface area (Å²) in [5.74, 6) is -1.94. The molecule has 6 nitrogen and oxygen atoms in total. The van der Waals surface area contributed by atoms with Crippen LogP contribution in [0.3, 0.4) is 0 Å². The molecule has 3 rings (SSSR count). The van der Waals surface area contributed by atoms with Crippen molar-refractivity contribution in [2.75, 3.05) is 4.31 Å². The Balaban J connectivity index is 2.26. The van der Waals surface area contributed by atoms with Crippen molar-refractivity contribution in [2.24, 2.45) is 0 Å². The zero-order chi connectivity index (χ0) is 22.5. The number of aromatic amines is 1. The summed E-state index contributed by atoms with van der Waals surface area (Å²) in [5.41, 5.74) is -3.69. The predicted octanol–water partition coefficient (Wildman–Crippen LogP) is 3.75. The third-order valence-corrected chi connectivity index (χ3v) is 5.67. The molecule has 0 radical (unpaired) electrons. The van der Waals surface area contributed by atoms with Gasteiger partial charge >= 0.3 is 12.5 Å². The Bertz CT molecular complexity index is 1250. The number of halogens is 7. The third-order valence-electron chi connectivity index (χ3n) is 3.92. The molecule has 0 aliphatic rings. The number of anilines is 1.